The third-order valence-corrected chi connectivity index (χ3v) is 8.62. The maximum absolute atomic E-state index is 14.1. The molecule has 8 heteroatoms. The predicted octanol–water partition coefficient (Wildman–Crippen LogP) is 6.15. The van der Waals surface area contributed by atoms with Crippen LogP contribution >= 0.6 is 0 Å². The summed E-state index contributed by atoms with van der Waals surface area (Å²) in [5.74, 6) is 0.721. The highest BCUT2D eigenvalue weighted by molar-refractivity contribution is 7.89. The van der Waals surface area contributed by atoms with Crippen LogP contribution in [0.4, 0.5) is 0 Å². The zero-order valence-electron chi connectivity index (χ0n) is 22.1. The van der Waals surface area contributed by atoms with Crippen molar-refractivity contribution in [2.24, 2.45) is 0 Å². The second-order valence-electron chi connectivity index (χ2n) is 9.56. The van der Waals surface area contributed by atoms with E-state index < -0.39 is 16.1 Å². The summed E-state index contributed by atoms with van der Waals surface area (Å²) in [4.78, 5) is 0.205. The number of rotatable bonds is 7. The van der Waals surface area contributed by atoms with Gasteiger partial charge >= 0.3 is 0 Å². The Bertz CT molecular complexity index is 1760. The van der Waals surface area contributed by atoms with Crippen LogP contribution in [0.1, 0.15) is 22.7 Å². The number of benzene rings is 4. The van der Waals surface area contributed by atoms with Gasteiger partial charge in [-0.3, -0.25) is 0 Å². The van der Waals surface area contributed by atoms with Crippen molar-refractivity contribution in [3.05, 3.63) is 138 Å². The molecule has 40 heavy (non-hydrogen) atoms. The first-order valence-electron chi connectivity index (χ1n) is 12.9. The molecule has 2 heterocycles. The topological polar surface area (TPSA) is 76.5 Å². The number of para-hydroxylation sites is 1. The van der Waals surface area contributed by atoms with E-state index in [-0.39, 0.29) is 4.90 Å². The first-order chi connectivity index (χ1) is 19.4. The monoisotopic (exact) mass is 548 g/mol. The molecule has 0 spiro atoms. The maximum Gasteiger partial charge on any atom is 0.260 e. The van der Waals surface area contributed by atoms with Gasteiger partial charge in [0.25, 0.3) is 10.0 Å². The van der Waals surface area contributed by atoms with Gasteiger partial charge in [-0.15, -0.1) is 4.41 Å². The molecule has 200 valence electrons. The van der Waals surface area contributed by atoms with Gasteiger partial charge < -0.3 is 10.2 Å². The van der Waals surface area contributed by atoms with Crippen LogP contribution in [0.25, 0.3) is 22.6 Å². The van der Waals surface area contributed by atoms with Crippen LogP contribution in [0.2, 0.25) is 0 Å². The summed E-state index contributed by atoms with van der Waals surface area (Å²) in [6, 6.07) is 33.3. The van der Waals surface area contributed by atoms with Crippen molar-refractivity contribution in [1.29, 1.82) is 0 Å². The van der Waals surface area contributed by atoms with E-state index in [0.29, 0.717) is 11.4 Å². The molecule has 1 N–H and O–H groups in total. The second-order valence-corrected chi connectivity index (χ2v) is 11.4. The van der Waals surface area contributed by atoms with Gasteiger partial charge in [0.2, 0.25) is 0 Å². The van der Waals surface area contributed by atoms with Crippen molar-refractivity contribution in [1.82, 2.24) is 19.6 Å². The fourth-order valence-electron chi connectivity index (χ4n) is 4.77. The lowest BCUT2D eigenvalue weighted by Crippen LogP contribution is -2.39. The van der Waals surface area contributed by atoms with Gasteiger partial charge in [0.1, 0.15) is 5.75 Å². The Kier molecular flexibility index (Phi) is 6.71. The summed E-state index contributed by atoms with van der Waals surface area (Å²) in [5, 5.41) is 4.94. The van der Waals surface area contributed by atoms with E-state index in [1.54, 1.807) is 36.1 Å². The van der Waals surface area contributed by atoms with Crippen molar-refractivity contribution in [2.75, 3.05) is 7.11 Å². The number of hydrogen-bond acceptors (Lipinski definition) is 5. The zero-order chi connectivity index (χ0) is 27.7. The fraction of sp³-hybridized carbons (Fsp3) is 0.0938. The molecule has 0 aliphatic carbocycles. The minimum absolute atomic E-state index is 0.205. The molecular weight excluding hydrogens is 520 g/mol. The highest BCUT2D eigenvalue weighted by Crippen LogP contribution is 2.40. The number of sulfonamides is 1. The second kappa shape index (κ2) is 10.5. The summed E-state index contributed by atoms with van der Waals surface area (Å²) < 4.78 is 36.7. The Balaban J connectivity index is 1.52. The van der Waals surface area contributed by atoms with Crippen LogP contribution in [-0.2, 0) is 10.0 Å². The van der Waals surface area contributed by atoms with E-state index >= 15 is 0 Å². The number of nitrogens with one attached hydrogen (secondary N) is 1. The van der Waals surface area contributed by atoms with Crippen molar-refractivity contribution in [3.8, 4) is 22.7 Å². The lowest BCUT2D eigenvalue weighted by Gasteiger charge is -2.25. The molecule has 1 aliphatic rings. The standard InChI is InChI=1S/C32H28N4O3S/c1-23-13-19-28(20-14-23)40(37,38)36-31(21-30(33-36)24-15-17-27(39-2)18-16-24)29-22-35(26-11-7-4-8-12-26)34-32(29)25-9-5-3-6-10-25/h3-22,31,33H,1-2H3/t31-/m0/s1. The number of nitrogens with zero attached hydrogens (tertiary/aromatic N) is 3. The van der Waals surface area contributed by atoms with Crippen LogP contribution in [0.3, 0.4) is 0 Å². The smallest absolute Gasteiger partial charge is 0.260 e. The number of hydrogen-bond donors (Lipinski definition) is 1. The number of methoxy groups -OCH3 is 1. The van der Waals surface area contributed by atoms with Crippen molar-refractivity contribution < 1.29 is 13.2 Å². The molecule has 7 nitrogen and oxygen atoms in total. The number of hydrazine groups is 1. The molecule has 0 amide bonds. The van der Waals surface area contributed by atoms with E-state index in [1.165, 1.54) is 4.41 Å². The minimum atomic E-state index is -3.95. The molecule has 0 saturated heterocycles. The van der Waals surface area contributed by atoms with Crippen LogP contribution in [0.5, 0.6) is 5.75 Å². The van der Waals surface area contributed by atoms with Gasteiger partial charge in [-0.1, -0.05) is 66.2 Å². The van der Waals surface area contributed by atoms with Gasteiger partial charge in [0.05, 0.1) is 35.1 Å². The maximum atomic E-state index is 14.1. The molecule has 0 bridgehead atoms. The lowest BCUT2D eigenvalue weighted by molar-refractivity contribution is 0.348. The van der Waals surface area contributed by atoms with E-state index in [0.717, 1.165) is 33.7 Å². The molecule has 1 aromatic heterocycles. The molecular formula is C32H28N4O3S. The summed E-state index contributed by atoms with van der Waals surface area (Å²) in [6.07, 6.45) is 3.85. The summed E-state index contributed by atoms with van der Waals surface area (Å²) in [6.45, 7) is 1.93. The Hall–Kier alpha value is -4.66. The van der Waals surface area contributed by atoms with Crippen molar-refractivity contribution >= 4 is 15.7 Å². The average Bonchev–Trinajstić information content (AvgIpc) is 3.64. The molecule has 5 aromatic rings. The van der Waals surface area contributed by atoms with Crippen LogP contribution in [0, 0.1) is 6.92 Å². The van der Waals surface area contributed by atoms with E-state index in [1.807, 2.05) is 104 Å². The molecule has 0 saturated carbocycles. The SMILES string of the molecule is COc1ccc(C2=C[C@@H](c3cn(-c4ccccc4)nc3-c3ccccc3)N(S(=O)(=O)c3ccc(C)cc3)N2)cc1. The highest BCUT2D eigenvalue weighted by Gasteiger charge is 2.39. The van der Waals surface area contributed by atoms with Gasteiger partial charge in [-0.25, -0.2) is 13.1 Å². The Labute approximate surface area is 234 Å². The largest absolute Gasteiger partial charge is 0.497 e. The molecule has 0 unspecified atom stereocenters. The molecule has 4 aromatic carbocycles. The molecule has 0 radical (unpaired) electrons. The van der Waals surface area contributed by atoms with Crippen LogP contribution < -0.4 is 10.2 Å². The minimum Gasteiger partial charge on any atom is -0.497 e. The van der Waals surface area contributed by atoms with Gasteiger partial charge in [-0.2, -0.15) is 5.10 Å². The summed E-state index contributed by atoms with van der Waals surface area (Å²) >= 11 is 0. The molecule has 0 fully saturated rings. The Morgan fingerprint density at radius 2 is 1.45 bits per heavy atom. The van der Waals surface area contributed by atoms with Gasteiger partial charge in [-0.05, 0) is 67.1 Å². The molecule has 6 rings (SSSR count). The normalized spacial score (nSPS) is 15.4. The first-order valence-corrected chi connectivity index (χ1v) is 14.3. The zero-order valence-corrected chi connectivity index (χ0v) is 22.9. The quantitative estimate of drug-likeness (QED) is 0.264. The Morgan fingerprint density at radius 3 is 2.10 bits per heavy atom. The van der Waals surface area contributed by atoms with E-state index in [9.17, 15) is 8.42 Å². The third kappa shape index (κ3) is 4.79. The summed E-state index contributed by atoms with van der Waals surface area (Å²) in [5.41, 5.74) is 8.93. The highest BCUT2D eigenvalue weighted by atomic mass is 32.2. The van der Waals surface area contributed by atoms with Crippen LogP contribution in [-0.4, -0.2) is 29.7 Å². The van der Waals surface area contributed by atoms with Crippen molar-refractivity contribution in [3.63, 3.8) is 0 Å². The fourth-order valence-corrected chi connectivity index (χ4v) is 6.17. The average molecular weight is 549 g/mol. The Morgan fingerprint density at radius 1 is 0.800 bits per heavy atom. The molecule has 1 aliphatic heterocycles. The third-order valence-electron chi connectivity index (χ3n) is 6.92. The van der Waals surface area contributed by atoms with Gasteiger partial charge in [0, 0.05) is 17.3 Å². The van der Waals surface area contributed by atoms with Gasteiger partial charge in [0.15, 0.2) is 0 Å². The molecule has 1 atom stereocenters. The number of ether oxygens (including phenoxy) is 1. The van der Waals surface area contributed by atoms with Crippen molar-refractivity contribution in [2.45, 2.75) is 17.9 Å². The first kappa shape index (κ1) is 25.6. The predicted molar refractivity (Wildman–Crippen MR) is 156 cm³/mol. The lowest BCUT2D eigenvalue weighted by atomic mass is 10.0. The van der Waals surface area contributed by atoms with E-state index in [2.05, 4.69) is 5.43 Å². The van der Waals surface area contributed by atoms with Crippen LogP contribution in [0.15, 0.2) is 126 Å². The van der Waals surface area contributed by atoms with E-state index in [4.69, 9.17) is 9.84 Å². The number of aromatic nitrogens is 2. The number of aryl methyl sites for hydroxylation is 1. The summed E-state index contributed by atoms with van der Waals surface area (Å²) in [7, 11) is -2.34.